The molecule has 1 aromatic heterocycles. The largest absolute Gasteiger partial charge is 0.236 e. The molecule has 1 fully saturated rings. The van der Waals surface area contributed by atoms with Gasteiger partial charge in [-0.3, -0.25) is 0 Å². The fourth-order valence-corrected chi connectivity index (χ4v) is 2.77. The molecule has 1 heterocycles. The van der Waals surface area contributed by atoms with Gasteiger partial charge >= 0.3 is 0 Å². The maximum atomic E-state index is 13.1. The van der Waals surface area contributed by atoms with Gasteiger partial charge in [0, 0.05) is 27.7 Å². The molecule has 0 bridgehead atoms. The highest BCUT2D eigenvalue weighted by molar-refractivity contribution is 9.10. The third-order valence-corrected chi connectivity index (χ3v) is 4.12. The van der Waals surface area contributed by atoms with Gasteiger partial charge in [-0.1, -0.05) is 0 Å². The molecule has 0 spiro atoms. The Morgan fingerprint density at radius 3 is 2.79 bits per heavy atom. The SMILES string of the molecule is Fc1ccc(-c2ncc(CCl)c(C3CC3)n2)c(Br)c1. The van der Waals surface area contributed by atoms with Crippen molar-refractivity contribution in [2.75, 3.05) is 0 Å². The van der Waals surface area contributed by atoms with Crippen molar-refractivity contribution in [1.82, 2.24) is 9.97 Å². The highest BCUT2D eigenvalue weighted by atomic mass is 79.9. The Kier molecular flexibility index (Phi) is 3.54. The first kappa shape index (κ1) is 13.0. The van der Waals surface area contributed by atoms with Gasteiger partial charge in [-0.15, -0.1) is 11.6 Å². The first-order chi connectivity index (χ1) is 9.19. The number of hydrogen-bond acceptors (Lipinski definition) is 2. The molecule has 0 unspecified atom stereocenters. The summed E-state index contributed by atoms with van der Waals surface area (Å²) in [5, 5.41) is 0. The van der Waals surface area contributed by atoms with E-state index in [0.717, 1.165) is 29.7 Å². The zero-order chi connectivity index (χ0) is 13.4. The fraction of sp³-hybridized carbons (Fsp3) is 0.286. The van der Waals surface area contributed by atoms with E-state index in [2.05, 4.69) is 25.9 Å². The zero-order valence-corrected chi connectivity index (χ0v) is 12.4. The zero-order valence-electron chi connectivity index (χ0n) is 10.0. The third kappa shape index (κ3) is 2.65. The van der Waals surface area contributed by atoms with Crippen LogP contribution in [0, 0.1) is 5.82 Å². The van der Waals surface area contributed by atoms with Crippen LogP contribution in [-0.2, 0) is 5.88 Å². The van der Waals surface area contributed by atoms with Gasteiger partial charge in [-0.25, -0.2) is 14.4 Å². The number of aromatic nitrogens is 2. The maximum Gasteiger partial charge on any atom is 0.160 e. The van der Waals surface area contributed by atoms with Crippen LogP contribution in [0.15, 0.2) is 28.9 Å². The Labute approximate surface area is 124 Å². The predicted octanol–water partition coefficient (Wildman–Crippen LogP) is 4.66. The molecule has 0 radical (unpaired) electrons. The minimum atomic E-state index is -0.282. The number of hydrogen-bond donors (Lipinski definition) is 0. The smallest absolute Gasteiger partial charge is 0.160 e. The van der Waals surface area contributed by atoms with Crippen LogP contribution in [0.3, 0.4) is 0 Å². The molecule has 2 nitrogen and oxygen atoms in total. The lowest BCUT2D eigenvalue weighted by Crippen LogP contribution is -2.00. The topological polar surface area (TPSA) is 25.8 Å². The molecule has 0 aliphatic heterocycles. The highest BCUT2D eigenvalue weighted by Crippen LogP contribution is 2.41. The first-order valence-corrected chi connectivity index (χ1v) is 7.39. The minimum Gasteiger partial charge on any atom is -0.236 e. The van der Waals surface area contributed by atoms with Gasteiger partial charge in [0.2, 0.25) is 0 Å². The molecule has 98 valence electrons. The normalized spacial score (nSPS) is 14.7. The Balaban J connectivity index is 2.07. The summed E-state index contributed by atoms with van der Waals surface area (Å²) in [6.07, 6.45) is 4.09. The molecule has 3 rings (SSSR count). The quantitative estimate of drug-likeness (QED) is 0.759. The van der Waals surface area contributed by atoms with Crippen LogP contribution < -0.4 is 0 Å². The Morgan fingerprint density at radius 1 is 1.37 bits per heavy atom. The van der Waals surface area contributed by atoms with E-state index >= 15 is 0 Å². The van der Waals surface area contributed by atoms with Crippen LogP contribution in [-0.4, -0.2) is 9.97 Å². The van der Waals surface area contributed by atoms with Gasteiger partial charge in [0.15, 0.2) is 5.82 Å². The Morgan fingerprint density at radius 2 is 2.16 bits per heavy atom. The van der Waals surface area contributed by atoms with E-state index in [4.69, 9.17) is 11.6 Å². The number of rotatable bonds is 3. The van der Waals surface area contributed by atoms with Gasteiger partial charge < -0.3 is 0 Å². The van der Waals surface area contributed by atoms with E-state index in [0.29, 0.717) is 22.1 Å². The molecule has 0 amide bonds. The lowest BCUT2D eigenvalue weighted by molar-refractivity contribution is 0.627. The van der Waals surface area contributed by atoms with Gasteiger partial charge in [0.25, 0.3) is 0 Å². The second kappa shape index (κ2) is 5.17. The molecule has 0 N–H and O–H groups in total. The summed E-state index contributed by atoms with van der Waals surface area (Å²) in [6, 6.07) is 4.52. The van der Waals surface area contributed by atoms with E-state index in [1.807, 2.05) is 0 Å². The predicted molar refractivity (Wildman–Crippen MR) is 76.7 cm³/mol. The van der Waals surface area contributed by atoms with Crippen LogP contribution in [0.4, 0.5) is 4.39 Å². The molecule has 1 aliphatic rings. The van der Waals surface area contributed by atoms with Crippen LogP contribution in [0.25, 0.3) is 11.4 Å². The monoisotopic (exact) mass is 340 g/mol. The summed E-state index contributed by atoms with van der Waals surface area (Å²) < 4.78 is 13.8. The summed E-state index contributed by atoms with van der Waals surface area (Å²) in [5.41, 5.74) is 2.83. The van der Waals surface area contributed by atoms with E-state index in [-0.39, 0.29) is 5.82 Å². The molecule has 0 atom stereocenters. The van der Waals surface area contributed by atoms with Crippen molar-refractivity contribution in [3.8, 4) is 11.4 Å². The molecular formula is C14H11BrClFN2. The minimum absolute atomic E-state index is 0.282. The van der Waals surface area contributed by atoms with Gasteiger partial charge in [0.05, 0.1) is 11.6 Å². The Hall–Kier alpha value is -1.00. The van der Waals surface area contributed by atoms with E-state index in [9.17, 15) is 4.39 Å². The van der Waals surface area contributed by atoms with Crippen molar-refractivity contribution in [1.29, 1.82) is 0 Å². The Bertz CT molecular complexity index is 629. The number of benzene rings is 1. The summed E-state index contributed by atoms with van der Waals surface area (Å²) in [6.45, 7) is 0. The lowest BCUT2D eigenvalue weighted by Gasteiger charge is -2.08. The fourth-order valence-electron chi connectivity index (χ4n) is 2.03. The molecule has 2 aromatic rings. The number of nitrogens with zero attached hydrogens (tertiary/aromatic N) is 2. The van der Waals surface area contributed by atoms with Crippen LogP contribution in [0.5, 0.6) is 0 Å². The summed E-state index contributed by atoms with van der Waals surface area (Å²) in [7, 11) is 0. The van der Waals surface area contributed by atoms with Crippen molar-refractivity contribution < 1.29 is 4.39 Å². The van der Waals surface area contributed by atoms with E-state index < -0.39 is 0 Å². The van der Waals surface area contributed by atoms with Gasteiger partial charge in [0.1, 0.15) is 5.82 Å². The van der Waals surface area contributed by atoms with E-state index in [1.165, 1.54) is 12.1 Å². The molecule has 1 saturated carbocycles. The van der Waals surface area contributed by atoms with E-state index in [1.54, 1.807) is 12.3 Å². The average Bonchev–Trinajstić information content (AvgIpc) is 3.22. The molecule has 0 saturated heterocycles. The summed E-state index contributed by atoms with van der Waals surface area (Å²) in [4.78, 5) is 8.95. The second-order valence-corrected chi connectivity index (χ2v) is 5.76. The maximum absolute atomic E-state index is 13.1. The third-order valence-electron chi connectivity index (χ3n) is 3.18. The molecule has 19 heavy (non-hydrogen) atoms. The first-order valence-electron chi connectivity index (χ1n) is 6.06. The number of halogens is 3. The van der Waals surface area contributed by atoms with Crippen molar-refractivity contribution in [2.24, 2.45) is 0 Å². The average molecular weight is 342 g/mol. The molecule has 5 heteroatoms. The summed E-state index contributed by atoms with van der Waals surface area (Å²) >= 11 is 9.27. The van der Waals surface area contributed by atoms with Crippen molar-refractivity contribution in [3.05, 3.63) is 45.9 Å². The summed E-state index contributed by atoms with van der Waals surface area (Å²) in [5.74, 6) is 1.27. The molecule has 1 aromatic carbocycles. The van der Waals surface area contributed by atoms with Crippen LogP contribution >= 0.6 is 27.5 Å². The van der Waals surface area contributed by atoms with Crippen molar-refractivity contribution >= 4 is 27.5 Å². The second-order valence-electron chi connectivity index (χ2n) is 4.64. The molecular weight excluding hydrogens is 331 g/mol. The van der Waals surface area contributed by atoms with Gasteiger partial charge in [-0.05, 0) is 47.0 Å². The van der Waals surface area contributed by atoms with Crippen molar-refractivity contribution in [3.63, 3.8) is 0 Å². The van der Waals surface area contributed by atoms with Gasteiger partial charge in [-0.2, -0.15) is 0 Å². The lowest BCUT2D eigenvalue weighted by atomic mass is 10.1. The van der Waals surface area contributed by atoms with Crippen LogP contribution in [0.1, 0.15) is 30.0 Å². The number of alkyl halides is 1. The van der Waals surface area contributed by atoms with Crippen LogP contribution in [0.2, 0.25) is 0 Å². The standard InChI is InChI=1S/C14H11BrClFN2/c15-12-5-10(17)3-4-11(12)14-18-7-9(6-16)13(19-14)8-1-2-8/h3-5,7-8H,1-2,6H2. The highest BCUT2D eigenvalue weighted by Gasteiger charge is 2.28. The molecule has 1 aliphatic carbocycles. The van der Waals surface area contributed by atoms with Crippen molar-refractivity contribution in [2.45, 2.75) is 24.6 Å².